The zero-order valence-electron chi connectivity index (χ0n) is 18.9. The highest BCUT2D eigenvalue weighted by Crippen LogP contribution is 2.32. The molecule has 4 aromatic rings. The predicted octanol–water partition coefficient (Wildman–Crippen LogP) is 6.88. The summed E-state index contributed by atoms with van der Waals surface area (Å²) in [7, 11) is 1.61. The third-order valence-corrected chi connectivity index (χ3v) is 6.56. The Labute approximate surface area is 213 Å². The van der Waals surface area contributed by atoms with E-state index in [-0.39, 0.29) is 12.2 Å². The first-order valence-corrected chi connectivity index (χ1v) is 12.0. The lowest BCUT2D eigenvalue weighted by Crippen LogP contribution is -2.07. The Balaban J connectivity index is 1.57. The lowest BCUT2D eigenvalue weighted by molar-refractivity contribution is 0.0992. The lowest BCUT2D eigenvalue weighted by Gasteiger charge is -2.15. The molecule has 0 aliphatic carbocycles. The van der Waals surface area contributed by atoms with Gasteiger partial charge in [0.1, 0.15) is 30.5 Å². The van der Waals surface area contributed by atoms with Crippen LogP contribution >= 0.6 is 22.6 Å². The molecule has 0 aliphatic rings. The van der Waals surface area contributed by atoms with Gasteiger partial charge < -0.3 is 14.2 Å². The van der Waals surface area contributed by atoms with E-state index in [2.05, 4.69) is 22.6 Å². The van der Waals surface area contributed by atoms with Crippen LogP contribution in [0.15, 0.2) is 97.1 Å². The number of hydrogen-bond acceptors (Lipinski definition) is 4. The maximum Gasteiger partial charge on any atom is 0.167 e. The predicted molar refractivity (Wildman–Crippen MR) is 142 cm³/mol. The zero-order chi connectivity index (χ0) is 23.8. The van der Waals surface area contributed by atoms with Crippen molar-refractivity contribution in [2.24, 2.45) is 0 Å². The minimum absolute atomic E-state index is 0.0230. The summed E-state index contributed by atoms with van der Waals surface area (Å²) in [5, 5.41) is 0. The van der Waals surface area contributed by atoms with E-state index in [1.165, 1.54) is 0 Å². The van der Waals surface area contributed by atoms with Crippen LogP contribution in [0.2, 0.25) is 0 Å². The number of carbonyl (C=O) groups excluding carboxylic acids is 1. The fourth-order valence-corrected chi connectivity index (χ4v) is 4.13. The smallest absolute Gasteiger partial charge is 0.167 e. The largest absolute Gasteiger partial charge is 0.497 e. The molecule has 0 amide bonds. The first-order chi connectivity index (χ1) is 16.6. The molecule has 0 spiro atoms. The van der Waals surface area contributed by atoms with E-state index < -0.39 is 0 Å². The summed E-state index contributed by atoms with van der Waals surface area (Å²) < 4.78 is 18.3. The Morgan fingerprint density at radius 3 is 1.91 bits per heavy atom. The Morgan fingerprint density at radius 1 is 0.735 bits per heavy atom. The van der Waals surface area contributed by atoms with E-state index >= 15 is 0 Å². The number of ketones is 1. The second-order valence-corrected chi connectivity index (χ2v) is 8.85. The molecule has 34 heavy (non-hydrogen) atoms. The Morgan fingerprint density at radius 2 is 1.32 bits per heavy atom. The molecule has 4 rings (SSSR count). The number of methoxy groups -OCH3 is 1. The van der Waals surface area contributed by atoms with Gasteiger partial charge in [0.15, 0.2) is 5.78 Å². The summed E-state index contributed by atoms with van der Waals surface area (Å²) in [4.78, 5) is 13.0. The van der Waals surface area contributed by atoms with Gasteiger partial charge in [-0.05, 0) is 69.6 Å². The van der Waals surface area contributed by atoms with Crippen LogP contribution in [0.5, 0.6) is 17.2 Å². The van der Waals surface area contributed by atoms with Crippen LogP contribution in [-0.4, -0.2) is 12.9 Å². The van der Waals surface area contributed by atoms with Crippen molar-refractivity contribution >= 4 is 28.4 Å². The van der Waals surface area contributed by atoms with Gasteiger partial charge in [0.05, 0.1) is 10.7 Å². The number of ether oxygens (including phenoxy) is 3. The average molecular weight is 564 g/mol. The topological polar surface area (TPSA) is 44.8 Å². The number of benzene rings is 4. The van der Waals surface area contributed by atoms with Crippen molar-refractivity contribution < 1.29 is 19.0 Å². The van der Waals surface area contributed by atoms with Crippen molar-refractivity contribution in [1.82, 2.24) is 0 Å². The van der Waals surface area contributed by atoms with E-state index in [0.29, 0.717) is 30.3 Å². The Hall–Kier alpha value is -3.32. The molecule has 0 atom stereocenters. The molecular formula is C29H25IO4. The highest BCUT2D eigenvalue weighted by Gasteiger charge is 2.16. The van der Waals surface area contributed by atoms with Crippen LogP contribution in [-0.2, 0) is 19.6 Å². The van der Waals surface area contributed by atoms with Crippen LogP contribution in [0.3, 0.4) is 0 Å². The first-order valence-electron chi connectivity index (χ1n) is 11.0. The van der Waals surface area contributed by atoms with Crippen molar-refractivity contribution in [2.75, 3.05) is 7.11 Å². The average Bonchev–Trinajstić information content (AvgIpc) is 2.89. The van der Waals surface area contributed by atoms with Crippen LogP contribution in [0.25, 0.3) is 0 Å². The standard InChI is InChI=1S/C29H25IO4/c1-32-25-14-12-23(13-15-25)27(31)17-24-16-26(33-19-21-8-4-2-5-9-21)18-28(29(24)30)34-20-22-10-6-3-7-11-22/h2-16,18H,17,19-20H2,1H3. The summed E-state index contributed by atoms with van der Waals surface area (Å²) in [6, 6.07) is 31.0. The molecule has 0 saturated heterocycles. The minimum atomic E-state index is 0.0230. The fourth-order valence-electron chi connectivity index (χ4n) is 3.47. The molecule has 0 unspecified atom stereocenters. The highest BCUT2D eigenvalue weighted by molar-refractivity contribution is 14.1. The third kappa shape index (κ3) is 6.38. The van der Waals surface area contributed by atoms with Crippen molar-refractivity contribution in [3.63, 3.8) is 0 Å². The normalized spacial score (nSPS) is 10.5. The van der Waals surface area contributed by atoms with E-state index in [1.807, 2.05) is 72.8 Å². The van der Waals surface area contributed by atoms with Crippen molar-refractivity contribution in [1.29, 1.82) is 0 Å². The van der Waals surface area contributed by atoms with E-state index in [0.717, 1.165) is 26.0 Å². The molecule has 0 aliphatic heterocycles. The van der Waals surface area contributed by atoms with Gasteiger partial charge in [0.2, 0.25) is 0 Å². The van der Waals surface area contributed by atoms with Gasteiger partial charge in [-0.2, -0.15) is 0 Å². The number of carbonyl (C=O) groups is 1. The van der Waals surface area contributed by atoms with Gasteiger partial charge in [-0.25, -0.2) is 0 Å². The van der Waals surface area contributed by atoms with Gasteiger partial charge >= 0.3 is 0 Å². The maximum absolute atomic E-state index is 13.0. The monoisotopic (exact) mass is 564 g/mol. The van der Waals surface area contributed by atoms with E-state index in [9.17, 15) is 4.79 Å². The molecule has 0 fully saturated rings. The van der Waals surface area contributed by atoms with Gasteiger partial charge in [-0.15, -0.1) is 0 Å². The molecule has 172 valence electrons. The Bertz CT molecular complexity index is 1220. The van der Waals surface area contributed by atoms with Crippen LogP contribution in [0.4, 0.5) is 0 Å². The molecular weight excluding hydrogens is 539 g/mol. The van der Waals surface area contributed by atoms with Gasteiger partial charge in [0.25, 0.3) is 0 Å². The highest BCUT2D eigenvalue weighted by atomic mass is 127. The molecule has 0 aromatic heterocycles. The quantitative estimate of drug-likeness (QED) is 0.156. The van der Waals surface area contributed by atoms with Crippen molar-refractivity contribution in [2.45, 2.75) is 19.6 Å². The third-order valence-electron chi connectivity index (χ3n) is 5.34. The maximum atomic E-state index is 13.0. The van der Waals surface area contributed by atoms with E-state index in [1.54, 1.807) is 31.4 Å². The zero-order valence-corrected chi connectivity index (χ0v) is 21.0. The molecule has 0 N–H and O–H groups in total. The minimum Gasteiger partial charge on any atom is -0.497 e. The van der Waals surface area contributed by atoms with Gasteiger partial charge in [-0.3, -0.25) is 4.79 Å². The van der Waals surface area contributed by atoms with Crippen LogP contribution < -0.4 is 14.2 Å². The molecule has 0 saturated carbocycles. The Kier molecular flexibility index (Phi) is 8.20. The number of hydrogen-bond donors (Lipinski definition) is 0. The molecule has 0 heterocycles. The number of Topliss-reactive ketones (excluding diaryl/α,β-unsaturated/α-hetero) is 1. The van der Waals surface area contributed by atoms with Gasteiger partial charge in [0, 0.05) is 18.1 Å². The van der Waals surface area contributed by atoms with Gasteiger partial charge in [-0.1, -0.05) is 60.7 Å². The molecule has 0 radical (unpaired) electrons. The van der Waals surface area contributed by atoms with Crippen molar-refractivity contribution in [3.8, 4) is 17.2 Å². The summed E-state index contributed by atoms with van der Waals surface area (Å²) >= 11 is 2.25. The molecule has 4 aromatic carbocycles. The molecule has 4 nitrogen and oxygen atoms in total. The summed E-state index contributed by atoms with van der Waals surface area (Å²) in [5.74, 6) is 2.12. The molecule has 0 bridgehead atoms. The lowest BCUT2D eigenvalue weighted by atomic mass is 10.0. The summed E-state index contributed by atoms with van der Waals surface area (Å²) in [6.45, 7) is 0.871. The van der Waals surface area contributed by atoms with Crippen LogP contribution in [0.1, 0.15) is 27.0 Å². The molecule has 5 heteroatoms. The first kappa shape index (κ1) is 23.8. The SMILES string of the molecule is COc1ccc(C(=O)Cc2cc(OCc3ccccc3)cc(OCc3ccccc3)c2I)cc1. The second kappa shape index (κ2) is 11.7. The van der Waals surface area contributed by atoms with E-state index in [4.69, 9.17) is 14.2 Å². The second-order valence-electron chi connectivity index (χ2n) is 7.77. The summed E-state index contributed by atoms with van der Waals surface area (Å²) in [5.41, 5.74) is 3.66. The fraction of sp³-hybridized carbons (Fsp3) is 0.138. The van der Waals surface area contributed by atoms with Crippen molar-refractivity contribution in [3.05, 3.63) is 123 Å². The summed E-state index contributed by atoms with van der Waals surface area (Å²) in [6.07, 6.45) is 0.245. The van der Waals surface area contributed by atoms with Crippen LogP contribution in [0, 0.1) is 3.57 Å². The number of rotatable bonds is 10. The number of halogens is 1.